The molecule has 0 aromatic heterocycles. The van der Waals surface area contributed by atoms with Crippen LogP contribution in [0.15, 0.2) is 0 Å². The second-order valence-electron chi connectivity index (χ2n) is 2.84. The fourth-order valence-corrected chi connectivity index (χ4v) is 1.34. The van der Waals surface area contributed by atoms with Crippen LogP contribution >= 0.6 is 0 Å². The van der Waals surface area contributed by atoms with Crippen LogP contribution in [0.5, 0.6) is 0 Å². The lowest BCUT2D eigenvalue weighted by Crippen LogP contribution is -2.31. The molecule has 52 valence electrons. The molecule has 9 heavy (non-hydrogen) atoms. The third-order valence-electron chi connectivity index (χ3n) is 1.90. The smallest absolute Gasteiger partial charge is 0.149 e. The van der Waals surface area contributed by atoms with Crippen LogP contribution in [-0.4, -0.2) is 30.8 Å². The summed E-state index contributed by atoms with van der Waals surface area (Å²) in [4.78, 5) is 13.0. The van der Waals surface area contributed by atoms with Gasteiger partial charge in [-0.25, -0.2) is 0 Å². The molecule has 1 saturated carbocycles. The number of ketones is 1. The van der Waals surface area contributed by atoms with Crippen LogP contribution < -0.4 is 0 Å². The number of Topliss-reactive ketones (excluding diaryl/α,β-unsaturated/α-hetero) is 1. The van der Waals surface area contributed by atoms with Crippen molar-refractivity contribution in [2.75, 3.05) is 14.1 Å². The molecule has 0 aliphatic heterocycles. The van der Waals surface area contributed by atoms with E-state index in [-0.39, 0.29) is 6.04 Å². The maximum atomic E-state index is 11.0. The number of rotatable bonds is 1. The first kappa shape index (κ1) is 6.75. The number of likely N-dealkylation sites (N-methyl/N-ethyl adjacent to an activating group) is 1. The highest BCUT2D eigenvalue weighted by atomic mass is 16.1. The predicted octanol–water partition coefficient (Wildman–Crippen LogP) is 0.670. The van der Waals surface area contributed by atoms with Crippen molar-refractivity contribution in [1.82, 2.24) is 4.90 Å². The lowest BCUT2D eigenvalue weighted by Gasteiger charge is -2.15. The molecule has 0 radical (unpaired) electrons. The van der Waals surface area contributed by atoms with Crippen molar-refractivity contribution in [3.8, 4) is 0 Å². The largest absolute Gasteiger partial charge is 0.300 e. The monoisotopic (exact) mass is 127 g/mol. The Morgan fingerprint density at radius 3 is 2.44 bits per heavy atom. The van der Waals surface area contributed by atoms with E-state index in [4.69, 9.17) is 0 Å². The Morgan fingerprint density at radius 2 is 2.22 bits per heavy atom. The summed E-state index contributed by atoms with van der Waals surface area (Å²) < 4.78 is 0. The first-order valence-electron chi connectivity index (χ1n) is 3.41. The quantitative estimate of drug-likeness (QED) is 0.516. The molecule has 1 aliphatic carbocycles. The molecule has 2 heteroatoms. The van der Waals surface area contributed by atoms with E-state index in [9.17, 15) is 4.79 Å². The Morgan fingerprint density at radius 1 is 1.56 bits per heavy atom. The molecule has 0 spiro atoms. The molecule has 0 N–H and O–H groups in total. The molecule has 2 nitrogen and oxygen atoms in total. The van der Waals surface area contributed by atoms with Gasteiger partial charge in [-0.15, -0.1) is 0 Å². The Hall–Kier alpha value is -0.370. The summed E-state index contributed by atoms with van der Waals surface area (Å²) in [5.41, 5.74) is 0. The van der Waals surface area contributed by atoms with Gasteiger partial charge in [0.2, 0.25) is 0 Å². The second kappa shape index (κ2) is 2.48. The van der Waals surface area contributed by atoms with Gasteiger partial charge >= 0.3 is 0 Å². The van der Waals surface area contributed by atoms with E-state index in [2.05, 4.69) is 0 Å². The summed E-state index contributed by atoms with van der Waals surface area (Å²) in [6.07, 6.45) is 2.94. The normalized spacial score (nSPS) is 27.9. The highest BCUT2D eigenvalue weighted by molar-refractivity contribution is 5.85. The molecule has 0 heterocycles. The zero-order valence-corrected chi connectivity index (χ0v) is 6.05. The van der Waals surface area contributed by atoms with Crippen LogP contribution in [0.3, 0.4) is 0 Å². The van der Waals surface area contributed by atoms with Gasteiger partial charge in [-0.2, -0.15) is 0 Å². The summed E-state index contributed by atoms with van der Waals surface area (Å²) in [6.45, 7) is 0. The first-order valence-corrected chi connectivity index (χ1v) is 3.41. The van der Waals surface area contributed by atoms with E-state index in [1.165, 1.54) is 0 Å². The zero-order valence-electron chi connectivity index (χ0n) is 6.05. The SMILES string of the molecule is CN(C)[C@H]1CCCC1=O. The van der Waals surface area contributed by atoms with Gasteiger partial charge in [-0.1, -0.05) is 0 Å². The zero-order chi connectivity index (χ0) is 6.85. The van der Waals surface area contributed by atoms with Crippen molar-refractivity contribution in [1.29, 1.82) is 0 Å². The Balaban J connectivity index is 2.49. The molecule has 1 aliphatic rings. The predicted molar refractivity (Wildman–Crippen MR) is 36.3 cm³/mol. The molecule has 0 amide bonds. The van der Waals surface area contributed by atoms with Crippen molar-refractivity contribution < 1.29 is 4.79 Å². The van der Waals surface area contributed by atoms with Gasteiger partial charge in [0, 0.05) is 6.42 Å². The van der Waals surface area contributed by atoms with Crippen LogP contribution in [0.25, 0.3) is 0 Å². The molecule has 1 rings (SSSR count). The third-order valence-corrected chi connectivity index (χ3v) is 1.90. The minimum absolute atomic E-state index is 0.227. The van der Waals surface area contributed by atoms with E-state index in [0.717, 1.165) is 19.3 Å². The maximum Gasteiger partial charge on any atom is 0.149 e. The van der Waals surface area contributed by atoms with Crippen LogP contribution in [0.4, 0.5) is 0 Å². The number of carbonyl (C=O) groups excluding carboxylic acids is 1. The number of nitrogens with zero attached hydrogens (tertiary/aromatic N) is 1. The van der Waals surface area contributed by atoms with Crippen LogP contribution in [0, 0.1) is 0 Å². The Bertz CT molecular complexity index is 120. The van der Waals surface area contributed by atoms with Crippen molar-refractivity contribution in [3.63, 3.8) is 0 Å². The van der Waals surface area contributed by atoms with Gasteiger partial charge in [0.05, 0.1) is 6.04 Å². The summed E-state index contributed by atoms with van der Waals surface area (Å²) in [5.74, 6) is 0.417. The maximum absolute atomic E-state index is 11.0. The van der Waals surface area contributed by atoms with Crippen LogP contribution in [0.2, 0.25) is 0 Å². The van der Waals surface area contributed by atoms with Gasteiger partial charge in [-0.05, 0) is 26.9 Å². The number of hydrogen-bond donors (Lipinski definition) is 0. The van der Waals surface area contributed by atoms with E-state index in [1.54, 1.807) is 0 Å². The Labute approximate surface area is 55.8 Å². The highest BCUT2D eigenvalue weighted by Gasteiger charge is 2.25. The van der Waals surface area contributed by atoms with Gasteiger partial charge in [0.25, 0.3) is 0 Å². The Kier molecular flexibility index (Phi) is 1.86. The third kappa shape index (κ3) is 1.30. The molecular weight excluding hydrogens is 114 g/mol. The first-order chi connectivity index (χ1) is 4.22. The fraction of sp³-hybridized carbons (Fsp3) is 0.857. The summed E-state index contributed by atoms with van der Waals surface area (Å²) in [5, 5.41) is 0. The van der Waals surface area contributed by atoms with E-state index in [0.29, 0.717) is 5.78 Å². The minimum atomic E-state index is 0.227. The molecule has 0 aromatic carbocycles. The van der Waals surface area contributed by atoms with Crippen LogP contribution in [0.1, 0.15) is 19.3 Å². The average molecular weight is 127 g/mol. The highest BCUT2D eigenvalue weighted by Crippen LogP contribution is 2.17. The summed E-state index contributed by atoms with van der Waals surface area (Å²) >= 11 is 0. The molecule has 0 bridgehead atoms. The van der Waals surface area contributed by atoms with Crippen LogP contribution in [-0.2, 0) is 4.79 Å². The fourth-order valence-electron chi connectivity index (χ4n) is 1.34. The van der Waals surface area contributed by atoms with Gasteiger partial charge in [-0.3, -0.25) is 9.69 Å². The second-order valence-corrected chi connectivity index (χ2v) is 2.84. The van der Waals surface area contributed by atoms with Gasteiger partial charge in [0.15, 0.2) is 0 Å². The van der Waals surface area contributed by atoms with Gasteiger partial charge < -0.3 is 0 Å². The number of hydrogen-bond acceptors (Lipinski definition) is 2. The molecule has 0 saturated heterocycles. The van der Waals surface area contributed by atoms with Crippen molar-refractivity contribution in [2.45, 2.75) is 25.3 Å². The average Bonchev–Trinajstić information content (AvgIpc) is 2.13. The van der Waals surface area contributed by atoms with Crippen molar-refractivity contribution in [2.24, 2.45) is 0 Å². The molecule has 1 fully saturated rings. The summed E-state index contributed by atoms with van der Waals surface area (Å²) in [6, 6.07) is 0.227. The molecule has 0 unspecified atom stereocenters. The van der Waals surface area contributed by atoms with Crippen molar-refractivity contribution in [3.05, 3.63) is 0 Å². The van der Waals surface area contributed by atoms with E-state index >= 15 is 0 Å². The lowest BCUT2D eigenvalue weighted by atomic mass is 10.2. The van der Waals surface area contributed by atoms with Crippen molar-refractivity contribution >= 4 is 5.78 Å². The van der Waals surface area contributed by atoms with E-state index in [1.807, 2.05) is 19.0 Å². The van der Waals surface area contributed by atoms with Gasteiger partial charge in [0.1, 0.15) is 5.78 Å². The number of carbonyl (C=O) groups is 1. The minimum Gasteiger partial charge on any atom is -0.300 e. The standard InChI is InChI=1S/C7H13NO/c1-8(2)6-4-3-5-7(6)9/h6H,3-5H2,1-2H3/t6-/m0/s1. The van der Waals surface area contributed by atoms with E-state index < -0.39 is 0 Å². The molecule has 1 atom stereocenters. The molecule has 0 aromatic rings. The lowest BCUT2D eigenvalue weighted by molar-refractivity contribution is -0.121. The summed E-state index contributed by atoms with van der Waals surface area (Å²) in [7, 11) is 3.93. The molecular formula is C7H13NO. The topological polar surface area (TPSA) is 20.3 Å².